The van der Waals surface area contributed by atoms with Gasteiger partial charge < -0.3 is 0 Å². The third-order valence-corrected chi connectivity index (χ3v) is 0.742. The molecule has 0 rings (SSSR count). The van der Waals surface area contributed by atoms with E-state index in [9.17, 15) is 0 Å². The van der Waals surface area contributed by atoms with E-state index in [0.29, 0.717) is 0 Å². The van der Waals surface area contributed by atoms with E-state index in [4.69, 9.17) is 34.8 Å². The Morgan fingerprint density at radius 1 is 1.33 bits per heavy atom. The van der Waals surface area contributed by atoms with Crippen LogP contribution in [0, 0.1) is 0 Å². The van der Waals surface area contributed by atoms with Crippen molar-refractivity contribution in [3.8, 4) is 0 Å². The zero-order valence-electron chi connectivity index (χ0n) is 2.62. The molecule has 0 radical (unpaired) electrons. The van der Waals surface area contributed by atoms with Crippen LogP contribution in [0.2, 0.25) is 0 Å². The largest absolute Gasteiger partial charge is 0.118 e. The number of hydrogen-bond donors (Lipinski definition) is 0. The maximum atomic E-state index is 4.96. The van der Waals surface area contributed by atoms with Gasteiger partial charge in [0, 0.05) is 5.54 Å². The summed E-state index contributed by atoms with van der Waals surface area (Å²) in [6.07, 6.45) is 0. The van der Waals surface area contributed by atoms with Gasteiger partial charge in [-0.25, -0.2) is 0 Å². The van der Waals surface area contributed by atoms with Crippen molar-refractivity contribution in [2.75, 3.05) is 0 Å². The van der Waals surface area contributed by atoms with Crippen molar-refractivity contribution in [2.45, 2.75) is 0 Å². The normalized spacial score (nSPS) is 5.83. The van der Waals surface area contributed by atoms with E-state index in [0.717, 1.165) is 5.54 Å². The summed E-state index contributed by atoms with van der Waals surface area (Å²) in [6.45, 7) is 0. The van der Waals surface area contributed by atoms with Gasteiger partial charge in [-0.05, 0) is 0 Å². The van der Waals surface area contributed by atoms with Gasteiger partial charge in [0.25, 0.3) is 0 Å². The summed E-state index contributed by atoms with van der Waals surface area (Å²) >= 11 is 14.8. The van der Waals surface area contributed by atoms with Crippen LogP contribution in [0.4, 0.5) is 0 Å². The lowest BCUT2D eigenvalue weighted by Gasteiger charge is -1.64. The zero-order valence-corrected chi connectivity index (χ0v) is 6.60. The van der Waals surface area contributed by atoms with Gasteiger partial charge in [0.15, 0.2) is 0 Å². The standard InChI is InChI=1S/C2HCl3.BrH/c3-1-2(4)5;/h1H;1H. The molecular weight excluding hydrogens is 210 g/mol. The Balaban J connectivity index is 0. The highest BCUT2D eigenvalue weighted by Gasteiger charge is 1.70. The Morgan fingerprint density at radius 3 is 1.50 bits per heavy atom. The minimum Gasteiger partial charge on any atom is -0.114 e. The Bertz CT molecular complexity index is 46.8. The molecule has 0 fully saturated rings. The van der Waals surface area contributed by atoms with E-state index < -0.39 is 0 Å². The first kappa shape index (κ1) is 10.1. The van der Waals surface area contributed by atoms with Gasteiger partial charge in [0.1, 0.15) is 4.49 Å². The van der Waals surface area contributed by atoms with E-state index in [1.807, 2.05) is 0 Å². The summed E-state index contributed by atoms with van der Waals surface area (Å²) in [5.41, 5.74) is 1.09. The topological polar surface area (TPSA) is 0 Å². The van der Waals surface area contributed by atoms with Gasteiger partial charge in [-0.3, -0.25) is 0 Å². The van der Waals surface area contributed by atoms with Crippen molar-refractivity contribution in [1.29, 1.82) is 0 Å². The Hall–Kier alpha value is 1.09. The van der Waals surface area contributed by atoms with Crippen molar-refractivity contribution >= 4 is 51.8 Å². The first-order valence-corrected chi connectivity index (χ1v) is 2.08. The Morgan fingerprint density at radius 2 is 1.50 bits per heavy atom. The van der Waals surface area contributed by atoms with Crippen LogP contribution in [0.5, 0.6) is 0 Å². The van der Waals surface area contributed by atoms with Crippen LogP contribution in [0.15, 0.2) is 10.0 Å². The predicted molar refractivity (Wildman–Crippen MR) is 36.0 cm³/mol. The molecule has 0 aromatic carbocycles. The fourth-order valence-corrected chi connectivity index (χ4v) is 0. The van der Waals surface area contributed by atoms with Crippen molar-refractivity contribution in [3.63, 3.8) is 0 Å². The second-order valence-electron chi connectivity index (χ2n) is 0.399. The van der Waals surface area contributed by atoms with Crippen LogP contribution in [0.25, 0.3) is 0 Å². The van der Waals surface area contributed by atoms with Crippen LogP contribution >= 0.6 is 51.8 Å². The SMILES string of the molecule is Br.ClC=C(Cl)Cl. The molecule has 0 unspecified atom stereocenters. The molecule has 0 saturated heterocycles. The molecule has 0 aliphatic carbocycles. The second kappa shape index (κ2) is 6.09. The predicted octanol–water partition coefficient (Wildman–Crippen LogP) is 3.08. The Labute approximate surface area is 61.8 Å². The van der Waals surface area contributed by atoms with E-state index in [-0.39, 0.29) is 21.5 Å². The molecule has 0 saturated carbocycles. The average molecular weight is 212 g/mol. The summed E-state index contributed by atoms with van der Waals surface area (Å²) in [4.78, 5) is 0. The van der Waals surface area contributed by atoms with Crippen LogP contribution in [0.1, 0.15) is 0 Å². The van der Waals surface area contributed by atoms with Crippen LogP contribution in [-0.2, 0) is 0 Å². The van der Waals surface area contributed by atoms with Crippen molar-refractivity contribution in [3.05, 3.63) is 10.0 Å². The molecule has 6 heavy (non-hydrogen) atoms. The van der Waals surface area contributed by atoms with Crippen molar-refractivity contribution < 1.29 is 0 Å². The third-order valence-electron chi connectivity index (χ3n) is 0.0825. The first-order chi connectivity index (χ1) is 2.27. The van der Waals surface area contributed by atoms with Gasteiger partial charge in [-0.1, -0.05) is 34.8 Å². The van der Waals surface area contributed by atoms with Gasteiger partial charge >= 0.3 is 0 Å². The van der Waals surface area contributed by atoms with E-state index in [1.54, 1.807) is 0 Å². The third kappa shape index (κ3) is 8.92. The van der Waals surface area contributed by atoms with Gasteiger partial charge in [0.05, 0.1) is 0 Å². The number of hydrogen-bond acceptors (Lipinski definition) is 0. The summed E-state index contributed by atoms with van der Waals surface area (Å²) < 4.78 is 0.0895. The number of rotatable bonds is 0. The highest BCUT2D eigenvalue weighted by atomic mass is 79.9. The molecule has 0 amide bonds. The van der Waals surface area contributed by atoms with Gasteiger partial charge in [0.2, 0.25) is 0 Å². The van der Waals surface area contributed by atoms with E-state index in [1.165, 1.54) is 0 Å². The van der Waals surface area contributed by atoms with Crippen molar-refractivity contribution in [1.82, 2.24) is 0 Å². The number of halogens is 4. The molecule has 0 aliphatic heterocycles. The molecule has 0 aromatic rings. The molecule has 38 valence electrons. The monoisotopic (exact) mass is 210 g/mol. The van der Waals surface area contributed by atoms with Gasteiger partial charge in [-0.2, -0.15) is 0 Å². The molecule has 0 spiro atoms. The molecular formula is C2H2BrCl3. The zero-order chi connectivity index (χ0) is 4.28. The fraction of sp³-hybridized carbons (Fsp3) is 0. The lowest BCUT2D eigenvalue weighted by atomic mass is 11.2. The lowest BCUT2D eigenvalue weighted by Crippen LogP contribution is -1.33. The summed E-state index contributed by atoms with van der Waals surface area (Å²) in [5, 5.41) is 0. The molecule has 4 heteroatoms. The highest BCUT2D eigenvalue weighted by molar-refractivity contribution is 8.93. The van der Waals surface area contributed by atoms with Crippen LogP contribution in [0.3, 0.4) is 0 Å². The quantitative estimate of drug-likeness (QED) is 0.579. The second-order valence-corrected chi connectivity index (χ2v) is 1.62. The molecule has 0 aliphatic rings. The maximum absolute atomic E-state index is 4.96. The van der Waals surface area contributed by atoms with E-state index in [2.05, 4.69) is 0 Å². The minimum atomic E-state index is 0. The molecule has 0 nitrogen and oxygen atoms in total. The summed E-state index contributed by atoms with van der Waals surface area (Å²) in [5.74, 6) is 0. The first-order valence-electron chi connectivity index (χ1n) is 0.885. The lowest BCUT2D eigenvalue weighted by molar-refractivity contribution is 2.36. The average Bonchev–Trinajstić information content (AvgIpc) is 1.38. The van der Waals surface area contributed by atoms with E-state index >= 15 is 0 Å². The van der Waals surface area contributed by atoms with Crippen LogP contribution < -0.4 is 0 Å². The molecule has 0 bridgehead atoms. The smallest absolute Gasteiger partial charge is 0.114 e. The van der Waals surface area contributed by atoms with Crippen molar-refractivity contribution in [2.24, 2.45) is 0 Å². The minimum absolute atomic E-state index is 0. The fourth-order valence-electron chi connectivity index (χ4n) is 0. The molecule has 0 aromatic heterocycles. The maximum Gasteiger partial charge on any atom is 0.118 e. The van der Waals surface area contributed by atoms with Crippen LogP contribution in [-0.4, -0.2) is 0 Å². The summed E-state index contributed by atoms with van der Waals surface area (Å²) in [6, 6.07) is 0. The Kier molecular flexibility index (Phi) is 10.3. The van der Waals surface area contributed by atoms with Gasteiger partial charge in [-0.15, -0.1) is 17.0 Å². The summed E-state index contributed by atoms with van der Waals surface area (Å²) in [7, 11) is 0. The highest BCUT2D eigenvalue weighted by Crippen LogP contribution is 2.05. The molecule has 0 atom stereocenters. The molecule has 0 heterocycles. The molecule has 0 N–H and O–H groups in total.